The highest BCUT2D eigenvalue weighted by Gasteiger charge is 2.24. The molecule has 142 valence electrons. The number of esters is 1. The van der Waals surface area contributed by atoms with Gasteiger partial charge in [0.15, 0.2) is 0 Å². The maximum Gasteiger partial charge on any atom is 0.310 e. The lowest BCUT2D eigenvalue weighted by Gasteiger charge is -2.25. The molecule has 1 aliphatic rings. The van der Waals surface area contributed by atoms with E-state index in [1.54, 1.807) is 0 Å². The molecule has 0 N–H and O–H groups in total. The number of hydrogen-bond acceptors (Lipinski definition) is 3. The number of rotatable bonds is 12. The molecular formula is C23H32O3. The largest absolute Gasteiger partial charge is 0.455 e. The molecule has 3 nitrogen and oxygen atoms in total. The Morgan fingerprint density at radius 1 is 1.15 bits per heavy atom. The lowest BCUT2D eigenvalue weighted by molar-refractivity contribution is -0.152. The zero-order valence-corrected chi connectivity index (χ0v) is 15.9. The summed E-state index contributed by atoms with van der Waals surface area (Å²) in [6, 6.07) is 10.1. The second kappa shape index (κ2) is 12.5. The van der Waals surface area contributed by atoms with Crippen molar-refractivity contribution in [2.45, 2.75) is 77.1 Å². The summed E-state index contributed by atoms with van der Waals surface area (Å²) in [6.07, 6.45) is 16.6. The van der Waals surface area contributed by atoms with Crippen LogP contribution >= 0.6 is 0 Å². The standard InChI is InChI=1S/C23H32O3/c1-2-3-4-5-6-7-8-12-16-21(22-17-13-18-23(24)26-22)25-19-20-14-10-9-11-15-20/h9-17,21-22H,2-8,18-19H2,1H3/b16-12+/t21-,22+/m0/s1. The van der Waals surface area contributed by atoms with Crippen molar-refractivity contribution in [3.8, 4) is 0 Å². The summed E-state index contributed by atoms with van der Waals surface area (Å²) in [4.78, 5) is 11.6. The van der Waals surface area contributed by atoms with Gasteiger partial charge in [-0.2, -0.15) is 0 Å². The van der Waals surface area contributed by atoms with E-state index in [0.717, 1.165) is 12.0 Å². The highest BCUT2D eigenvalue weighted by atomic mass is 16.6. The first kappa shape index (κ1) is 20.4. The molecule has 1 aliphatic heterocycles. The Balaban J connectivity index is 1.82. The van der Waals surface area contributed by atoms with Crippen LogP contribution in [0.25, 0.3) is 0 Å². The number of benzene rings is 1. The Morgan fingerprint density at radius 3 is 2.69 bits per heavy atom. The summed E-state index contributed by atoms with van der Waals surface area (Å²) >= 11 is 0. The summed E-state index contributed by atoms with van der Waals surface area (Å²) in [5.74, 6) is -0.185. The second-order valence-corrected chi connectivity index (χ2v) is 6.83. The average Bonchev–Trinajstić information content (AvgIpc) is 2.67. The number of ether oxygens (including phenoxy) is 2. The molecule has 1 aromatic carbocycles. The highest BCUT2D eigenvalue weighted by Crippen LogP contribution is 2.17. The van der Waals surface area contributed by atoms with Gasteiger partial charge in [0.2, 0.25) is 0 Å². The third kappa shape index (κ3) is 8.01. The number of hydrogen-bond donors (Lipinski definition) is 0. The van der Waals surface area contributed by atoms with Crippen molar-refractivity contribution in [3.05, 3.63) is 60.2 Å². The van der Waals surface area contributed by atoms with Gasteiger partial charge in [-0.15, -0.1) is 0 Å². The van der Waals surface area contributed by atoms with E-state index in [9.17, 15) is 4.79 Å². The first-order valence-corrected chi connectivity index (χ1v) is 9.98. The molecule has 0 fully saturated rings. The summed E-state index contributed by atoms with van der Waals surface area (Å²) < 4.78 is 11.5. The van der Waals surface area contributed by atoms with Crippen molar-refractivity contribution in [1.29, 1.82) is 0 Å². The maximum atomic E-state index is 11.6. The molecule has 0 saturated heterocycles. The van der Waals surface area contributed by atoms with Gasteiger partial charge in [-0.05, 0) is 24.5 Å². The third-order valence-electron chi connectivity index (χ3n) is 4.54. The van der Waals surface area contributed by atoms with Gasteiger partial charge < -0.3 is 9.47 Å². The van der Waals surface area contributed by atoms with Crippen LogP contribution in [0.2, 0.25) is 0 Å². The van der Waals surface area contributed by atoms with E-state index in [1.807, 2.05) is 42.5 Å². The fourth-order valence-corrected chi connectivity index (χ4v) is 3.01. The first-order chi connectivity index (χ1) is 12.8. The number of cyclic esters (lactones) is 1. The molecule has 0 radical (unpaired) electrons. The fraction of sp³-hybridized carbons (Fsp3) is 0.522. The van der Waals surface area contributed by atoms with E-state index >= 15 is 0 Å². The average molecular weight is 357 g/mol. The third-order valence-corrected chi connectivity index (χ3v) is 4.54. The van der Waals surface area contributed by atoms with Crippen LogP contribution in [0.4, 0.5) is 0 Å². The molecule has 0 spiro atoms. The molecule has 2 atom stereocenters. The molecule has 0 bridgehead atoms. The molecule has 0 aromatic heterocycles. The van der Waals surface area contributed by atoms with Gasteiger partial charge in [0.05, 0.1) is 13.0 Å². The van der Waals surface area contributed by atoms with E-state index in [-0.39, 0.29) is 18.2 Å². The predicted octanol–water partition coefficient (Wildman–Crippen LogP) is 5.75. The molecule has 0 unspecified atom stereocenters. The number of unbranched alkanes of at least 4 members (excludes halogenated alkanes) is 6. The van der Waals surface area contributed by atoms with Crippen LogP contribution in [0.3, 0.4) is 0 Å². The van der Waals surface area contributed by atoms with Crippen LogP contribution in [0.5, 0.6) is 0 Å². The predicted molar refractivity (Wildman–Crippen MR) is 106 cm³/mol. The quantitative estimate of drug-likeness (QED) is 0.272. The van der Waals surface area contributed by atoms with Gasteiger partial charge in [0.1, 0.15) is 12.2 Å². The van der Waals surface area contributed by atoms with Crippen molar-refractivity contribution < 1.29 is 14.3 Å². The summed E-state index contributed by atoms with van der Waals surface area (Å²) in [5, 5.41) is 0. The topological polar surface area (TPSA) is 35.5 Å². The van der Waals surface area contributed by atoms with Crippen LogP contribution < -0.4 is 0 Å². The molecule has 1 aromatic rings. The summed E-state index contributed by atoms with van der Waals surface area (Å²) in [7, 11) is 0. The first-order valence-electron chi connectivity index (χ1n) is 9.98. The smallest absolute Gasteiger partial charge is 0.310 e. The lowest BCUT2D eigenvalue weighted by atomic mass is 10.1. The van der Waals surface area contributed by atoms with Gasteiger partial charge in [-0.1, -0.05) is 87.6 Å². The van der Waals surface area contributed by atoms with Gasteiger partial charge >= 0.3 is 5.97 Å². The van der Waals surface area contributed by atoms with Crippen molar-refractivity contribution in [2.24, 2.45) is 0 Å². The molecule has 2 rings (SSSR count). The van der Waals surface area contributed by atoms with E-state index in [1.165, 1.54) is 38.5 Å². The Labute approximate surface area is 158 Å². The maximum absolute atomic E-state index is 11.6. The SMILES string of the molecule is CCCCCCCC/C=C/[C@H](OCc1ccccc1)[C@H]1C=CCC(=O)O1. The van der Waals surface area contributed by atoms with Crippen LogP contribution in [-0.4, -0.2) is 18.2 Å². The monoisotopic (exact) mass is 356 g/mol. The van der Waals surface area contributed by atoms with E-state index in [2.05, 4.69) is 19.1 Å². The minimum atomic E-state index is -0.333. The molecule has 0 aliphatic carbocycles. The Morgan fingerprint density at radius 2 is 1.92 bits per heavy atom. The van der Waals surface area contributed by atoms with Crippen molar-refractivity contribution in [3.63, 3.8) is 0 Å². The lowest BCUT2D eigenvalue weighted by Crippen LogP contribution is -2.32. The van der Waals surface area contributed by atoms with Crippen LogP contribution in [0.15, 0.2) is 54.6 Å². The van der Waals surface area contributed by atoms with Gasteiger partial charge in [0, 0.05) is 0 Å². The van der Waals surface area contributed by atoms with E-state index in [4.69, 9.17) is 9.47 Å². The zero-order valence-electron chi connectivity index (χ0n) is 15.9. The Hall–Kier alpha value is -1.87. The van der Waals surface area contributed by atoms with Crippen LogP contribution in [-0.2, 0) is 20.9 Å². The fourth-order valence-electron chi connectivity index (χ4n) is 3.01. The van der Waals surface area contributed by atoms with Crippen LogP contribution in [0.1, 0.15) is 63.9 Å². The number of carbonyl (C=O) groups excluding carboxylic acids is 1. The molecule has 1 heterocycles. The Bertz CT molecular complexity index is 562. The number of allylic oxidation sites excluding steroid dienone is 1. The molecule has 26 heavy (non-hydrogen) atoms. The normalized spacial score (nSPS) is 18.2. The summed E-state index contributed by atoms with van der Waals surface area (Å²) in [5.41, 5.74) is 1.12. The van der Waals surface area contributed by atoms with Crippen molar-refractivity contribution >= 4 is 5.97 Å². The van der Waals surface area contributed by atoms with Gasteiger partial charge in [0.25, 0.3) is 0 Å². The van der Waals surface area contributed by atoms with Crippen LogP contribution in [0, 0.1) is 0 Å². The molecule has 0 saturated carbocycles. The second-order valence-electron chi connectivity index (χ2n) is 6.83. The molecular weight excluding hydrogens is 324 g/mol. The van der Waals surface area contributed by atoms with E-state index in [0.29, 0.717) is 13.0 Å². The van der Waals surface area contributed by atoms with E-state index < -0.39 is 0 Å². The minimum absolute atomic E-state index is 0.185. The molecule has 3 heteroatoms. The minimum Gasteiger partial charge on any atom is -0.455 e. The molecule has 0 amide bonds. The number of carbonyl (C=O) groups is 1. The zero-order chi connectivity index (χ0) is 18.5. The van der Waals surface area contributed by atoms with Gasteiger partial charge in [-0.3, -0.25) is 4.79 Å². The van der Waals surface area contributed by atoms with Gasteiger partial charge in [-0.25, -0.2) is 0 Å². The van der Waals surface area contributed by atoms with Crippen molar-refractivity contribution in [2.75, 3.05) is 0 Å². The summed E-state index contributed by atoms with van der Waals surface area (Å²) in [6.45, 7) is 2.75. The van der Waals surface area contributed by atoms with Crippen molar-refractivity contribution in [1.82, 2.24) is 0 Å². The highest BCUT2D eigenvalue weighted by molar-refractivity contribution is 5.72. The Kier molecular flexibility index (Phi) is 9.81.